The van der Waals surface area contributed by atoms with Gasteiger partial charge in [-0.1, -0.05) is 13.8 Å². The molecule has 2 N–H and O–H groups in total. The Labute approximate surface area is 111 Å². The Hall–Kier alpha value is -0.610. The summed E-state index contributed by atoms with van der Waals surface area (Å²) in [7, 11) is 0. The van der Waals surface area contributed by atoms with Crippen LogP contribution in [0.1, 0.15) is 46.0 Å². The third kappa shape index (κ3) is 6.36. The van der Waals surface area contributed by atoms with Crippen molar-refractivity contribution >= 4 is 5.91 Å². The number of carbonyl (C=O) groups excluding carboxylic acids is 1. The highest BCUT2D eigenvalue weighted by Crippen LogP contribution is 2.08. The van der Waals surface area contributed by atoms with E-state index in [9.17, 15) is 4.79 Å². The van der Waals surface area contributed by atoms with E-state index in [1.165, 1.54) is 12.8 Å². The molecule has 0 spiro atoms. The van der Waals surface area contributed by atoms with Crippen molar-refractivity contribution in [1.29, 1.82) is 0 Å². The zero-order chi connectivity index (χ0) is 13.2. The van der Waals surface area contributed by atoms with E-state index in [1.54, 1.807) is 0 Å². The third-order valence-corrected chi connectivity index (χ3v) is 3.71. The summed E-state index contributed by atoms with van der Waals surface area (Å²) in [5.41, 5.74) is 0. The molecule has 0 radical (unpaired) electrons. The van der Waals surface area contributed by atoms with E-state index in [0.29, 0.717) is 12.5 Å². The zero-order valence-corrected chi connectivity index (χ0v) is 12.0. The fourth-order valence-corrected chi connectivity index (χ4v) is 2.45. The second-order valence-electron chi connectivity index (χ2n) is 5.08. The summed E-state index contributed by atoms with van der Waals surface area (Å²) in [6.45, 7) is 9.67. The Morgan fingerprint density at radius 2 is 2.11 bits per heavy atom. The van der Waals surface area contributed by atoms with E-state index in [0.717, 1.165) is 45.6 Å². The first-order valence-electron chi connectivity index (χ1n) is 7.48. The topological polar surface area (TPSA) is 44.4 Å². The predicted molar refractivity (Wildman–Crippen MR) is 75.7 cm³/mol. The fourth-order valence-electron chi connectivity index (χ4n) is 2.45. The summed E-state index contributed by atoms with van der Waals surface area (Å²) < 4.78 is 0. The first kappa shape index (κ1) is 15.4. The largest absolute Gasteiger partial charge is 0.356 e. The smallest absolute Gasteiger partial charge is 0.221 e. The molecule has 1 saturated heterocycles. The Bertz CT molecular complexity index is 223. The van der Waals surface area contributed by atoms with Crippen molar-refractivity contribution in [3.05, 3.63) is 0 Å². The van der Waals surface area contributed by atoms with Gasteiger partial charge in [0.1, 0.15) is 0 Å². The van der Waals surface area contributed by atoms with Gasteiger partial charge in [-0.25, -0.2) is 0 Å². The molecule has 18 heavy (non-hydrogen) atoms. The molecule has 106 valence electrons. The third-order valence-electron chi connectivity index (χ3n) is 3.71. The average Bonchev–Trinajstić information content (AvgIpc) is 2.86. The van der Waals surface area contributed by atoms with Crippen LogP contribution in [-0.4, -0.2) is 49.6 Å². The van der Waals surface area contributed by atoms with E-state index >= 15 is 0 Å². The minimum atomic E-state index is 0.206. The Morgan fingerprint density at radius 3 is 2.72 bits per heavy atom. The SMILES string of the molecule is CCN(CC)CCCCNC(=O)CC1CCCN1. The van der Waals surface area contributed by atoms with Crippen molar-refractivity contribution in [2.75, 3.05) is 32.7 Å². The van der Waals surface area contributed by atoms with Crippen LogP contribution in [0.25, 0.3) is 0 Å². The van der Waals surface area contributed by atoms with E-state index < -0.39 is 0 Å². The summed E-state index contributed by atoms with van der Waals surface area (Å²) in [5, 5.41) is 6.37. The average molecular weight is 255 g/mol. The molecular formula is C14H29N3O. The lowest BCUT2D eigenvalue weighted by molar-refractivity contribution is -0.121. The zero-order valence-electron chi connectivity index (χ0n) is 12.0. The molecule has 1 aliphatic heterocycles. The molecule has 0 aliphatic carbocycles. The highest BCUT2D eigenvalue weighted by Gasteiger charge is 2.16. The second-order valence-corrected chi connectivity index (χ2v) is 5.08. The van der Waals surface area contributed by atoms with Crippen LogP contribution in [-0.2, 0) is 4.79 Å². The maximum absolute atomic E-state index is 11.6. The van der Waals surface area contributed by atoms with E-state index in [-0.39, 0.29) is 5.91 Å². The normalized spacial score (nSPS) is 19.4. The number of carbonyl (C=O) groups is 1. The molecule has 1 heterocycles. The Kier molecular flexibility index (Phi) is 8.01. The van der Waals surface area contributed by atoms with Gasteiger partial charge < -0.3 is 15.5 Å². The monoisotopic (exact) mass is 255 g/mol. The van der Waals surface area contributed by atoms with Crippen LogP contribution in [0.4, 0.5) is 0 Å². The van der Waals surface area contributed by atoms with Crippen LogP contribution in [0.15, 0.2) is 0 Å². The van der Waals surface area contributed by atoms with E-state index in [4.69, 9.17) is 0 Å². The molecule has 1 fully saturated rings. The van der Waals surface area contributed by atoms with Crippen LogP contribution < -0.4 is 10.6 Å². The molecular weight excluding hydrogens is 226 g/mol. The van der Waals surface area contributed by atoms with Gasteiger partial charge in [0.15, 0.2) is 0 Å². The maximum Gasteiger partial charge on any atom is 0.221 e. The molecule has 0 aromatic carbocycles. The van der Waals surface area contributed by atoms with Crippen molar-refractivity contribution in [2.45, 2.75) is 52.0 Å². The molecule has 1 unspecified atom stereocenters. The van der Waals surface area contributed by atoms with Gasteiger partial charge >= 0.3 is 0 Å². The molecule has 0 aromatic rings. The van der Waals surface area contributed by atoms with Crippen LogP contribution in [0.2, 0.25) is 0 Å². The van der Waals surface area contributed by atoms with Gasteiger partial charge in [0, 0.05) is 19.0 Å². The minimum Gasteiger partial charge on any atom is -0.356 e. The molecule has 4 nitrogen and oxygen atoms in total. The molecule has 0 aromatic heterocycles. The van der Waals surface area contributed by atoms with Crippen molar-refractivity contribution in [2.24, 2.45) is 0 Å². The molecule has 4 heteroatoms. The van der Waals surface area contributed by atoms with Crippen LogP contribution >= 0.6 is 0 Å². The van der Waals surface area contributed by atoms with Crippen molar-refractivity contribution in [1.82, 2.24) is 15.5 Å². The predicted octanol–water partition coefficient (Wildman–Crippen LogP) is 1.37. The molecule has 0 saturated carbocycles. The van der Waals surface area contributed by atoms with E-state index in [2.05, 4.69) is 29.4 Å². The number of unbranched alkanes of at least 4 members (excludes halogenated alkanes) is 1. The number of hydrogen-bond acceptors (Lipinski definition) is 3. The fraction of sp³-hybridized carbons (Fsp3) is 0.929. The molecule has 1 aliphatic rings. The van der Waals surface area contributed by atoms with Gasteiger partial charge in [0.25, 0.3) is 0 Å². The van der Waals surface area contributed by atoms with Gasteiger partial charge in [0.2, 0.25) is 5.91 Å². The number of hydrogen-bond donors (Lipinski definition) is 2. The summed E-state index contributed by atoms with van der Waals surface area (Å²) in [6, 6.07) is 0.417. The van der Waals surface area contributed by atoms with Gasteiger partial charge in [0.05, 0.1) is 0 Å². The van der Waals surface area contributed by atoms with Gasteiger partial charge in [-0.3, -0.25) is 4.79 Å². The Morgan fingerprint density at radius 1 is 1.33 bits per heavy atom. The van der Waals surface area contributed by atoms with Crippen LogP contribution in [0, 0.1) is 0 Å². The summed E-state index contributed by atoms with van der Waals surface area (Å²) in [4.78, 5) is 14.1. The number of nitrogens with one attached hydrogen (secondary N) is 2. The first-order chi connectivity index (χ1) is 8.76. The van der Waals surface area contributed by atoms with Crippen LogP contribution in [0.5, 0.6) is 0 Å². The Balaban J connectivity index is 1.95. The highest BCUT2D eigenvalue weighted by molar-refractivity contribution is 5.76. The van der Waals surface area contributed by atoms with Crippen LogP contribution in [0.3, 0.4) is 0 Å². The highest BCUT2D eigenvalue weighted by atomic mass is 16.1. The second kappa shape index (κ2) is 9.34. The van der Waals surface area contributed by atoms with Gasteiger partial charge in [-0.2, -0.15) is 0 Å². The van der Waals surface area contributed by atoms with Crippen molar-refractivity contribution in [3.8, 4) is 0 Å². The standard InChI is InChI=1S/C14H29N3O/c1-3-17(4-2)11-6-5-9-16-14(18)12-13-8-7-10-15-13/h13,15H,3-12H2,1-2H3,(H,16,18). The molecule has 1 amide bonds. The van der Waals surface area contributed by atoms with Gasteiger partial charge in [-0.15, -0.1) is 0 Å². The number of nitrogens with zero attached hydrogens (tertiary/aromatic N) is 1. The lowest BCUT2D eigenvalue weighted by Gasteiger charge is -2.17. The van der Waals surface area contributed by atoms with Crippen molar-refractivity contribution < 1.29 is 4.79 Å². The summed E-state index contributed by atoms with van der Waals surface area (Å²) in [5.74, 6) is 0.206. The maximum atomic E-state index is 11.6. The summed E-state index contributed by atoms with van der Waals surface area (Å²) >= 11 is 0. The lowest BCUT2D eigenvalue weighted by atomic mass is 10.1. The van der Waals surface area contributed by atoms with Crippen molar-refractivity contribution in [3.63, 3.8) is 0 Å². The first-order valence-corrected chi connectivity index (χ1v) is 7.48. The summed E-state index contributed by atoms with van der Waals surface area (Å²) in [6.07, 6.45) is 5.26. The quantitative estimate of drug-likeness (QED) is 0.612. The number of amides is 1. The minimum absolute atomic E-state index is 0.206. The van der Waals surface area contributed by atoms with Gasteiger partial charge in [-0.05, 0) is 51.9 Å². The molecule has 0 bridgehead atoms. The molecule has 1 atom stereocenters. The molecule has 1 rings (SSSR count). The number of rotatable bonds is 9. The van der Waals surface area contributed by atoms with E-state index in [1.807, 2.05) is 0 Å². The lowest BCUT2D eigenvalue weighted by Crippen LogP contribution is -2.32.